The van der Waals surface area contributed by atoms with Gasteiger partial charge >= 0.3 is 13.8 Å². The predicted molar refractivity (Wildman–Crippen MR) is 316 cm³/mol. The maximum atomic E-state index is 12.8. The summed E-state index contributed by atoms with van der Waals surface area (Å²) in [6, 6.07) is 0. The fraction of sp³-hybridized carbons (Fsp3) is 0.766. The van der Waals surface area contributed by atoms with Crippen LogP contribution in [0, 0.1) is 0 Å². The second-order valence-corrected chi connectivity index (χ2v) is 22.8. The minimum atomic E-state index is -4.29. The van der Waals surface area contributed by atoms with Crippen LogP contribution in [0.15, 0.2) is 85.1 Å². The average Bonchev–Trinajstić information content (AvgIpc) is 3.35. The molecule has 2 atom stereocenters. The van der Waals surface area contributed by atoms with Crippen molar-refractivity contribution in [3.8, 4) is 0 Å². The number of rotatable bonds is 56. The van der Waals surface area contributed by atoms with Crippen molar-refractivity contribution < 1.29 is 37.3 Å². The lowest BCUT2D eigenvalue weighted by Crippen LogP contribution is -2.37. The van der Waals surface area contributed by atoms with Crippen LogP contribution in [0.5, 0.6) is 0 Å². The summed E-state index contributed by atoms with van der Waals surface area (Å²) >= 11 is 0. The Kier molecular flexibility index (Phi) is 54.1. The monoisotopic (exact) mass is 1040 g/mol. The summed E-state index contributed by atoms with van der Waals surface area (Å²) in [5, 5.41) is 0. The van der Waals surface area contributed by atoms with Gasteiger partial charge in [0.25, 0.3) is 0 Å². The first-order valence-corrected chi connectivity index (χ1v) is 31.8. The van der Waals surface area contributed by atoms with Crippen LogP contribution in [0.4, 0.5) is 0 Å². The Morgan fingerprint density at radius 2 is 0.795 bits per heavy atom. The van der Waals surface area contributed by atoms with Gasteiger partial charge in [-0.3, -0.25) is 13.8 Å². The third kappa shape index (κ3) is 60.4. The lowest BCUT2D eigenvalue weighted by atomic mass is 10.0. The maximum absolute atomic E-state index is 12.8. The number of allylic oxidation sites excluding steroid dienone is 14. The van der Waals surface area contributed by atoms with Gasteiger partial charge in [0, 0.05) is 13.0 Å². The van der Waals surface area contributed by atoms with Gasteiger partial charge in [-0.1, -0.05) is 247 Å². The molecule has 8 nitrogen and oxygen atoms in total. The number of phosphoric ester groups is 1. The summed E-state index contributed by atoms with van der Waals surface area (Å²) < 4.78 is 35.3. The van der Waals surface area contributed by atoms with Crippen LogP contribution in [0.3, 0.4) is 0 Å². The average molecular weight is 1040 g/mol. The van der Waals surface area contributed by atoms with Crippen LogP contribution in [0.25, 0.3) is 0 Å². The van der Waals surface area contributed by atoms with E-state index in [1.54, 1.807) is 0 Å². The predicted octanol–water partition coefficient (Wildman–Crippen LogP) is 19.5. The lowest BCUT2D eigenvalue weighted by Gasteiger charge is -2.24. The molecule has 9 heteroatoms. The minimum Gasteiger partial charge on any atom is -0.457 e. The number of esters is 1. The number of phosphoric acid groups is 1. The first kappa shape index (κ1) is 70.7. The van der Waals surface area contributed by atoms with Crippen molar-refractivity contribution in [1.29, 1.82) is 0 Å². The lowest BCUT2D eigenvalue weighted by molar-refractivity contribution is -0.870. The van der Waals surface area contributed by atoms with Crippen LogP contribution in [-0.4, -0.2) is 75.6 Å². The number of likely N-dealkylation sites (N-methyl/N-ethyl adjacent to an activating group) is 1. The molecule has 0 heterocycles. The van der Waals surface area contributed by atoms with E-state index in [0.29, 0.717) is 24.1 Å². The highest BCUT2D eigenvalue weighted by Gasteiger charge is 2.26. The fourth-order valence-corrected chi connectivity index (χ4v) is 9.06. The molecule has 0 aliphatic rings. The molecule has 0 rings (SSSR count). The van der Waals surface area contributed by atoms with Gasteiger partial charge in [0.15, 0.2) is 0 Å². The minimum absolute atomic E-state index is 0.0846. The molecule has 0 saturated carbocycles. The second kappa shape index (κ2) is 55.9. The number of hydrogen-bond donors (Lipinski definition) is 1. The van der Waals surface area contributed by atoms with Gasteiger partial charge in [0.05, 0.1) is 34.4 Å². The molecule has 1 N–H and O–H groups in total. The van der Waals surface area contributed by atoms with E-state index in [1.165, 1.54) is 167 Å². The van der Waals surface area contributed by atoms with Gasteiger partial charge in [-0.25, -0.2) is 4.57 Å². The summed E-state index contributed by atoms with van der Waals surface area (Å²) in [7, 11) is 1.66. The molecule has 424 valence electrons. The summed E-state index contributed by atoms with van der Waals surface area (Å²) in [5.74, 6) is -0.317. The zero-order valence-corrected chi connectivity index (χ0v) is 49.3. The van der Waals surface area contributed by atoms with Crippen molar-refractivity contribution in [2.24, 2.45) is 0 Å². The highest BCUT2D eigenvalue weighted by Crippen LogP contribution is 2.43. The number of carbonyl (C=O) groups is 1. The molecule has 0 spiro atoms. The molecule has 0 amide bonds. The molecule has 0 saturated heterocycles. The number of carbonyl (C=O) groups excluding carboxylic acids is 1. The van der Waals surface area contributed by atoms with E-state index in [9.17, 15) is 14.3 Å². The largest absolute Gasteiger partial charge is 0.472 e. The molecule has 0 bridgehead atoms. The van der Waals surface area contributed by atoms with Gasteiger partial charge in [-0.15, -0.1) is 0 Å². The molecule has 2 unspecified atom stereocenters. The molecule has 0 aromatic heterocycles. The normalized spacial score (nSPS) is 14.0. The number of unbranched alkanes of at least 4 members (excludes halogenated alkanes) is 28. The van der Waals surface area contributed by atoms with Gasteiger partial charge in [0.1, 0.15) is 19.3 Å². The number of nitrogens with zero attached hydrogens (tertiary/aromatic N) is 1. The Morgan fingerprint density at radius 1 is 0.438 bits per heavy atom. The van der Waals surface area contributed by atoms with E-state index in [-0.39, 0.29) is 25.8 Å². The molecule has 73 heavy (non-hydrogen) atoms. The van der Waals surface area contributed by atoms with Crippen molar-refractivity contribution in [3.63, 3.8) is 0 Å². The molecule has 0 aliphatic carbocycles. The van der Waals surface area contributed by atoms with Gasteiger partial charge in [0.2, 0.25) is 0 Å². The number of quaternary nitrogens is 1. The zero-order valence-electron chi connectivity index (χ0n) is 48.4. The van der Waals surface area contributed by atoms with E-state index >= 15 is 0 Å². The Morgan fingerprint density at radius 3 is 1.19 bits per heavy atom. The van der Waals surface area contributed by atoms with Crippen molar-refractivity contribution in [2.75, 3.05) is 54.1 Å². The van der Waals surface area contributed by atoms with Crippen molar-refractivity contribution >= 4 is 13.8 Å². The second-order valence-electron chi connectivity index (χ2n) is 21.3. The summed E-state index contributed by atoms with van der Waals surface area (Å²) in [6.45, 7) is 5.51. The molecule has 0 radical (unpaired) electrons. The molecule has 0 aromatic rings. The zero-order chi connectivity index (χ0) is 53.3. The van der Waals surface area contributed by atoms with Crippen LogP contribution < -0.4 is 0 Å². The third-order valence-electron chi connectivity index (χ3n) is 12.9. The van der Waals surface area contributed by atoms with E-state index in [1.807, 2.05) is 21.1 Å². The fourth-order valence-electron chi connectivity index (χ4n) is 8.32. The van der Waals surface area contributed by atoms with Crippen LogP contribution >= 0.6 is 7.82 Å². The smallest absolute Gasteiger partial charge is 0.457 e. The standard InChI is InChI=1S/C64H116NO7P/c1-6-8-10-12-14-16-18-20-22-24-26-28-30-32-34-36-38-40-42-44-46-48-50-52-54-56-59-69-61-63(62-71-73(67,68)70-60-58-65(3,4)5)72-64(66)57-55-53-51-49-47-45-43-41-39-37-35-33-31-29-27-25-23-21-19-17-15-13-11-9-7-2/h8,10,14,16,19-22,25-28,31,33,63H,6-7,9,11-13,15,17-18,23-24,29-30,32,34-62H2,1-5H3/p+1/b10-8-,16-14-,21-19-,22-20-,27-25-,28-26-,33-31-. The van der Waals surface area contributed by atoms with Crippen LogP contribution in [-0.2, 0) is 27.9 Å². The van der Waals surface area contributed by atoms with Crippen LogP contribution in [0.1, 0.15) is 258 Å². The molecule has 0 aromatic carbocycles. The van der Waals surface area contributed by atoms with Gasteiger partial charge < -0.3 is 18.9 Å². The highest BCUT2D eigenvalue weighted by atomic mass is 31.2. The van der Waals surface area contributed by atoms with Crippen LogP contribution in [0.2, 0.25) is 0 Å². The van der Waals surface area contributed by atoms with E-state index in [2.05, 4.69) is 98.9 Å². The summed E-state index contributed by atoms with van der Waals surface area (Å²) in [4.78, 5) is 23.1. The van der Waals surface area contributed by atoms with Gasteiger partial charge in [-0.2, -0.15) is 0 Å². The molecular weight excluding hydrogens is 926 g/mol. The topological polar surface area (TPSA) is 91.3 Å². The Balaban J connectivity index is 4.07. The first-order chi connectivity index (χ1) is 35.6. The SMILES string of the molecule is CC/C=C\C/C=C\C/C=C\C/C=C\CCCCCCCCCCCCCCCOCC(COP(=O)(O)OCC[N+](C)(C)C)OC(=O)CCCCCCCCCCCC/C=C\C/C=C\C/C=C\CCCCCCC. The van der Waals surface area contributed by atoms with E-state index in [4.69, 9.17) is 18.5 Å². The van der Waals surface area contributed by atoms with E-state index < -0.39 is 13.9 Å². The van der Waals surface area contributed by atoms with Gasteiger partial charge in [-0.05, 0) is 89.9 Å². The third-order valence-corrected chi connectivity index (χ3v) is 13.9. The molecule has 0 fully saturated rings. The van der Waals surface area contributed by atoms with Crippen molar-refractivity contribution in [3.05, 3.63) is 85.1 Å². The maximum Gasteiger partial charge on any atom is 0.472 e. The first-order valence-electron chi connectivity index (χ1n) is 30.3. The molecular formula is C64H117NO7P+. The Labute approximate surface area is 452 Å². The summed E-state index contributed by atoms with van der Waals surface area (Å²) in [6.07, 6.45) is 76.5. The van der Waals surface area contributed by atoms with Crippen molar-refractivity contribution in [1.82, 2.24) is 0 Å². The quantitative estimate of drug-likeness (QED) is 0.0213. The Bertz CT molecular complexity index is 1440. The Hall–Kier alpha value is -2.32. The van der Waals surface area contributed by atoms with Crippen molar-refractivity contribution in [2.45, 2.75) is 264 Å². The number of hydrogen-bond acceptors (Lipinski definition) is 6. The summed E-state index contributed by atoms with van der Waals surface area (Å²) in [5.41, 5.74) is 0. The highest BCUT2D eigenvalue weighted by molar-refractivity contribution is 7.47. The molecule has 0 aliphatic heterocycles. The van der Waals surface area contributed by atoms with E-state index in [0.717, 1.165) is 70.6 Å². The number of ether oxygens (including phenoxy) is 2.